The lowest BCUT2D eigenvalue weighted by Gasteiger charge is -2.19. The molecular weight excluding hydrogens is 232 g/mol. The highest BCUT2D eigenvalue weighted by atomic mass is 35.5. The summed E-state index contributed by atoms with van der Waals surface area (Å²) in [4.78, 5) is 0. The quantitative estimate of drug-likeness (QED) is 0.707. The molecule has 1 atom stereocenters. The van der Waals surface area contributed by atoms with Crippen molar-refractivity contribution in [1.82, 2.24) is 0 Å². The van der Waals surface area contributed by atoms with Crippen molar-refractivity contribution in [2.24, 2.45) is 0 Å². The van der Waals surface area contributed by atoms with Crippen LogP contribution in [0, 0.1) is 0 Å². The van der Waals surface area contributed by atoms with Crippen LogP contribution >= 0.6 is 11.6 Å². The first-order valence-corrected chi connectivity index (χ1v) is 6.82. The molecule has 92 valence electrons. The molecular formula is C15H19ClO. The number of ether oxygens (including phenoxy) is 1. The van der Waals surface area contributed by atoms with E-state index in [4.69, 9.17) is 16.3 Å². The standard InChI is InChI=1S/C15H19ClO/c1-2-10-17-15-9-4-3-8-14(15)12-6-5-7-13(16)11-12/h3-4,8-9,11,13H,2,5-7,10H2,1H3. The Morgan fingerprint density at radius 2 is 2.18 bits per heavy atom. The highest BCUT2D eigenvalue weighted by Gasteiger charge is 2.15. The zero-order valence-electron chi connectivity index (χ0n) is 10.3. The second kappa shape index (κ2) is 6.11. The summed E-state index contributed by atoms with van der Waals surface area (Å²) in [6.45, 7) is 2.89. The van der Waals surface area contributed by atoms with Gasteiger partial charge in [0.1, 0.15) is 5.75 Å². The SMILES string of the molecule is CCCOc1ccccc1C1=CC(Cl)CCC1. The average Bonchev–Trinajstić information content (AvgIpc) is 2.37. The minimum absolute atomic E-state index is 0.179. The number of hydrogen-bond donors (Lipinski definition) is 0. The number of alkyl halides is 1. The van der Waals surface area contributed by atoms with E-state index in [0.717, 1.165) is 31.6 Å². The van der Waals surface area contributed by atoms with Crippen LogP contribution in [-0.4, -0.2) is 12.0 Å². The fraction of sp³-hybridized carbons (Fsp3) is 0.467. The maximum Gasteiger partial charge on any atom is 0.126 e. The Kier molecular flexibility index (Phi) is 4.49. The molecule has 0 N–H and O–H groups in total. The second-order valence-corrected chi connectivity index (χ2v) is 5.01. The van der Waals surface area contributed by atoms with Gasteiger partial charge in [-0.25, -0.2) is 0 Å². The first-order valence-electron chi connectivity index (χ1n) is 6.38. The summed E-state index contributed by atoms with van der Waals surface area (Å²) in [5.41, 5.74) is 2.55. The van der Waals surface area contributed by atoms with Crippen molar-refractivity contribution in [3.8, 4) is 5.75 Å². The highest BCUT2D eigenvalue weighted by molar-refractivity contribution is 6.22. The Morgan fingerprint density at radius 1 is 1.35 bits per heavy atom. The van der Waals surface area contributed by atoms with Gasteiger partial charge in [0.2, 0.25) is 0 Å². The molecule has 0 saturated heterocycles. The largest absolute Gasteiger partial charge is 0.493 e. The number of benzene rings is 1. The van der Waals surface area contributed by atoms with E-state index in [1.807, 2.05) is 12.1 Å². The van der Waals surface area contributed by atoms with Crippen LogP contribution in [0.4, 0.5) is 0 Å². The summed E-state index contributed by atoms with van der Waals surface area (Å²) in [7, 11) is 0. The smallest absolute Gasteiger partial charge is 0.126 e. The van der Waals surface area contributed by atoms with Crippen LogP contribution in [0.3, 0.4) is 0 Å². The Labute approximate surface area is 108 Å². The summed E-state index contributed by atoms with van der Waals surface area (Å²) in [5, 5.41) is 0.179. The third-order valence-corrected chi connectivity index (χ3v) is 3.35. The normalized spacial score (nSPS) is 19.9. The van der Waals surface area contributed by atoms with Crippen LogP contribution in [-0.2, 0) is 0 Å². The highest BCUT2D eigenvalue weighted by Crippen LogP contribution is 2.34. The third-order valence-electron chi connectivity index (χ3n) is 3.00. The van der Waals surface area contributed by atoms with E-state index in [9.17, 15) is 0 Å². The number of halogens is 1. The predicted molar refractivity (Wildman–Crippen MR) is 73.7 cm³/mol. The van der Waals surface area contributed by atoms with Crippen molar-refractivity contribution in [2.75, 3.05) is 6.61 Å². The molecule has 1 aliphatic rings. The van der Waals surface area contributed by atoms with Gasteiger partial charge in [0.15, 0.2) is 0 Å². The van der Waals surface area contributed by atoms with E-state index in [2.05, 4.69) is 25.1 Å². The maximum atomic E-state index is 6.20. The molecule has 1 aliphatic carbocycles. The summed E-state index contributed by atoms with van der Waals surface area (Å²) < 4.78 is 5.79. The number of allylic oxidation sites excluding steroid dienone is 2. The molecule has 0 spiro atoms. The average molecular weight is 251 g/mol. The van der Waals surface area contributed by atoms with Crippen molar-refractivity contribution in [3.63, 3.8) is 0 Å². The molecule has 2 heteroatoms. The van der Waals surface area contributed by atoms with Crippen LogP contribution in [0.15, 0.2) is 30.3 Å². The Hall–Kier alpha value is -0.950. The molecule has 1 nitrogen and oxygen atoms in total. The fourth-order valence-corrected chi connectivity index (χ4v) is 2.47. The van der Waals surface area contributed by atoms with E-state index >= 15 is 0 Å². The summed E-state index contributed by atoms with van der Waals surface area (Å²) in [5.74, 6) is 0.992. The topological polar surface area (TPSA) is 9.23 Å². The van der Waals surface area contributed by atoms with E-state index in [-0.39, 0.29) is 5.38 Å². The van der Waals surface area contributed by atoms with Gasteiger partial charge in [-0.05, 0) is 37.3 Å². The molecule has 2 rings (SSSR count). The molecule has 0 bridgehead atoms. The first kappa shape index (κ1) is 12.5. The van der Waals surface area contributed by atoms with Crippen LogP contribution in [0.5, 0.6) is 5.75 Å². The van der Waals surface area contributed by atoms with Crippen molar-refractivity contribution >= 4 is 17.2 Å². The molecule has 0 amide bonds. The van der Waals surface area contributed by atoms with Gasteiger partial charge in [-0.3, -0.25) is 0 Å². The molecule has 0 aliphatic heterocycles. The molecule has 0 fully saturated rings. The first-order chi connectivity index (χ1) is 8.31. The maximum absolute atomic E-state index is 6.20. The minimum Gasteiger partial charge on any atom is -0.493 e. The lowest BCUT2D eigenvalue weighted by molar-refractivity contribution is 0.316. The summed E-state index contributed by atoms with van der Waals surface area (Å²) >= 11 is 6.20. The molecule has 0 saturated carbocycles. The van der Waals surface area contributed by atoms with Gasteiger partial charge in [-0.1, -0.05) is 31.2 Å². The van der Waals surface area contributed by atoms with Gasteiger partial charge in [0, 0.05) is 5.56 Å². The van der Waals surface area contributed by atoms with Crippen molar-refractivity contribution < 1.29 is 4.74 Å². The van der Waals surface area contributed by atoms with Crippen LogP contribution in [0.2, 0.25) is 0 Å². The lowest BCUT2D eigenvalue weighted by Crippen LogP contribution is -2.05. The minimum atomic E-state index is 0.179. The molecule has 0 radical (unpaired) electrons. The van der Waals surface area contributed by atoms with E-state index in [1.54, 1.807) is 0 Å². The Balaban J connectivity index is 2.24. The monoisotopic (exact) mass is 250 g/mol. The number of hydrogen-bond acceptors (Lipinski definition) is 1. The fourth-order valence-electron chi connectivity index (χ4n) is 2.17. The van der Waals surface area contributed by atoms with Gasteiger partial charge < -0.3 is 4.74 Å². The van der Waals surface area contributed by atoms with Gasteiger partial charge in [-0.2, -0.15) is 0 Å². The number of para-hydroxylation sites is 1. The van der Waals surface area contributed by atoms with Gasteiger partial charge in [0.25, 0.3) is 0 Å². The number of rotatable bonds is 4. The van der Waals surface area contributed by atoms with Gasteiger partial charge in [-0.15, -0.1) is 11.6 Å². The Morgan fingerprint density at radius 3 is 2.94 bits per heavy atom. The van der Waals surface area contributed by atoms with Crippen molar-refractivity contribution in [2.45, 2.75) is 38.0 Å². The molecule has 1 aromatic rings. The zero-order chi connectivity index (χ0) is 12.1. The summed E-state index contributed by atoms with van der Waals surface area (Å²) in [6.07, 6.45) is 6.57. The van der Waals surface area contributed by atoms with E-state index < -0.39 is 0 Å². The lowest BCUT2D eigenvalue weighted by atomic mass is 9.93. The molecule has 0 heterocycles. The molecule has 0 aromatic heterocycles. The molecule has 17 heavy (non-hydrogen) atoms. The zero-order valence-corrected chi connectivity index (χ0v) is 11.0. The second-order valence-electron chi connectivity index (χ2n) is 4.44. The predicted octanol–water partition coefficient (Wildman–Crippen LogP) is 4.65. The summed E-state index contributed by atoms with van der Waals surface area (Å²) in [6, 6.07) is 8.26. The van der Waals surface area contributed by atoms with E-state index in [0.29, 0.717) is 0 Å². The van der Waals surface area contributed by atoms with Crippen molar-refractivity contribution in [1.29, 1.82) is 0 Å². The van der Waals surface area contributed by atoms with Gasteiger partial charge in [0.05, 0.1) is 12.0 Å². The van der Waals surface area contributed by atoms with Crippen LogP contribution < -0.4 is 4.74 Å². The van der Waals surface area contributed by atoms with E-state index in [1.165, 1.54) is 17.6 Å². The van der Waals surface area contributed by atoms with Gasteiger partial charge >= 0.3 is 0 Å². The van der Waals surface area contributed by atoms with Crippen molar-refractivity contribution in [3.05, 3.63) is 35.9 Å². The Bertz CT molecular complexity index is 398. The van der Waals surface area contributed by atoms with Crippen LogP contribution in [0.25, 0.3) is 5.57 Å². The molecule has 1 unspecified atom stereocenters. The molecule has 1 aromatic carbocycles. The van der Waals surface area contributed by atoms with Crippen LogP contribution in [0.1, 0.15) is 38.2 Å². The third kappa shape index (κ3) is 3.26.